The summed E-state index contributed by atoms with van der Waals surface area (Å²) >= 11 is 0. The lowest BCUT2D eigenvalue weighted by molar-refractivity contribution is -0.131. The maximum absolute atomic E-state index is 11.7. The number of hydrogen-bond acceptors (Lipinski definition) is 2. The van der Waals surface area contributed by atoms with Gasteiger partial charge in [-0.1, -0.05) is 26.7 Å². The van der Waals surface area contributed by atoms with E-state index in [-0.39, 0.29) is 18.1 Å². The molecule has 0 aromatic rings. The number of rotatable bonds is 5. The molecule has 0 aromatic carbocycles. The van der Waals surface area contributed by atoms with E-state index in [0.29, 0.717) is 5.92 Å². The van der Waals surface area contributed by atoms with E-state index in [1.54, 1.807) is 0 Å². The molecule has 1 amide bonds. The maximum atomic E-state index is 11.7. The zero-order chi connectivity index (χ0) is 11.3. The first-order chi connectivity index (χ1) is 7.17. The highest BCUT2D eigenvalue weighted by molar-refractivity contribution is 5.80. The van der Waals surface area contributed by atoms with Crippen molar-refractivity contribution in [3.8, 4) is 0 Å². The second-order valence-electron chi connectivity index (χ2n) is 4.44. The molecular weight excluding hydrogens is 190 g/mol. The molecule has 3 nitrogen and oxygen atoms in total. The van der Waals surface area contributed by atoms with E-state index >= 15 is 0 Å². The van der Waals surface area contributed by atoms with Crippen LogP contribution in [0.15, 0.2) is 0 Å². The van der Waals surface area contributed by atoms with Gasteiger partial charge in [-0.3, -0.25) is 4.79 Å². The fourth-order valence-electron chi connectivity index (χ4n) is 1.93. The molecule has 2 atom stereocenters. The predicted molar refractivity (Wildman–Crippen MR) is 60.7 cm³/mol. The Hall–Kier alpha value is -0.570. The van der Waals surface area contributed by atoms with Gasteiger partial charge in [-0.05, 0) is 25.7 Å². The molecule has 1 heterocycles. The Morgan fingerprint density at radius 2 is 2.07 bits per heavy atom. The van der Waals surface area contributed by atoms with E-state index in [2.05, 4.69) is 19.2 Å². The van der Waals surface area contributed by atoms with Gasteiger partial charge in [-0.2, -0.15) is 0 Å². The third kappa shape index (κ3) is 3.82. The molecule has 0 saturated carbocycles. The molecule has 88 valence electrons. The summed E-state index contributed by atoms with van der Waals surface area (Å²) in [5.74, 6) is 0.680. The maximum Gasteiger partial charge on any atom is 0.249 e. The molecule has 15 heavy (non-hydrogen) atoms. The lowest BCUT2D eigenvalue weighted by Crippen LogP contribution is -2.37. The van der Waals surface area contributed by atoms with Gasteiger partial charge in [0.1, 0.15) is 6.10 Å². The fourth-order valence-corrected chi connectivity index (χ4v) is 1.93. The lowest BCUT2D eigenvalue weighted by Gasteiger charge is -2.16. The third-order valence-corrected chi connectivity index (χ3v) is 3.24. The van der Waals surface area contributed by atoms with Gasteiger partial charge in [0.05, 0.1) is 6.10 Å². The summed E-state index contributed by atoms with van der Waals surface area (Å²) in [6.45, 7) is 7.14. The van der Waals surface area contributed by atoms with Crippen molar-refractivity contribution in [3.05, 3.63) is 0 Å². The van der Waals surface area contributed by atoms with Crippen LogP contribution in [0.2, 0.25) is 0 Å². The zero-order valence-electron chi connectivity index (χ0n) is 10.1. The summed E-state index contributed by atoms with van der Waals surface area (Å²) < 4.78 is 5.51. The third-order valence-electron chi connectivity index (χ3n) is 3.24. The molecular formula is C12H23NO2. The number of amides is 1. The Morgan fingerprint density at radius 3 is 2.53 bits per heavy atom. The number of hydrogen-bond donors (Lipinski definition) is 1. The lowest BCUT2D eigenvalue weighted by atomic mass is 10.0. The van der Waals surface area contributed by atoms with Crippen molar-refractivity contribution < 1.29 is 9.53 Å². The summed E-state index contributed by atoms with van der Waals surface area (Å²) in [4.78, 5) is 11.7. The summed E-state index contributed by atoms with van der Waals surface area (Å²) in [7, 11) is 0. The Balaban J connectivity index is 2.23. The first kappa shape index (κ1) is 12.5. The van der Waals surface area contributed by atoms with Gasteiger partial charge >= 0.3 is 0 Å². The van der Waals surface area contributed by atoms with Gasteiger partial charge in [0.2, 0.25) is 5.91 Å². The SMILES string of the molecule is CCC(CC)CNC(=O)C1CCC(C)O1. The largest absolute Gasteiger partial charge is 0.365 e. The van der Waals surface area contributed by atoms with Gasteiger partial charge in [-0.25, -0.2) is 0 Å². The van der Waals surface area contributed by atoms with Crippen molar-refractivity contribution in [2.45, 2.75) is 58.7 Å². The molecule has 0 aliphatic carbocycles. The molecule has 1 rings (SSSR count). The zero-order valence-corrected chi connectivity index (χ0v) is 10.1. The van der Waals surface area contributed by atoms with Crippen molar-refractivity contribution in [1.29, 1.82) is 0 Å². The summed E-state index contributed by atoms with van der Waals surface area (Å²) in [6.07, 6.45) is 4.17. The van der Waals surface area contributed by atoms with Crippen molar-refractivity contribution in [1.82, 2.24) is 5.32 Å². The normalized spacial score (nSPS) is 25.9. The highest BCUT2D eigenvalue weighted by atomic mass is 16.5. The molecule has 1 saturated heterocycles. The topological polar surface area (TPSA) is 38.3 Å². The fraction of sp³-hybridized carbons (Fsp3) is 0.917. The number of nitrogens with one attached hydrogen (secondary N) is 1. The minimum atomic E-state index is -0.200. The Morgan fingerprint density at radius 1 is 1.40 bits per heavy atom. The molecule has 3 heteroatoms. The second kappa shape index (κ2) is 6.11. The van der Waals surface area contributed by atoms with Crippen LogP contribution < -0.4 is 5.32 Å². The summed E-state index contributed by atoms with van der Waals surface area (Å²) in [6, 6.07) is 0. The first-order valence-corrected chi connectivity index (χ1v) is 6.10. The van der Waals surface area contributed by atoms with E-state index in [1.165, 1.54) is 0 Å². The van der Waals surface area contributed by atoms with E-state index in [1.807, 2.05) is 6.92 Å². The van der Waals surface area contributed by atoms with E-state index in [4.69, 9.17) is 4.74 Å². The average Bonchev–Trinajstić information content (AvgIpc) is 2.66. The number of carbonyl (C=O) groups is 1. The summed E-state index contributed by atoms with van der Waals surface area (Å²) in [5, 5.41) is 2.98. The Kier molecular flexibility index (Phi) is 5.09. The highest BCUT2D eigenvalue weighted by Gasteiger charge is 2.27. The highest BCUT2D eigenvalue weighted by Crippen LogP contribution is 2.19. The van der Waals surface area contributed by atoms with Crippen LogP contribution in [0.4, 0.5) is 0 Å². The van der Waals surface area contributed by atoms with Crippen LogP contribution in [0, 0.1) is 5.92 Å². The molecule has 2 unspecified atom stereocenters. The van der Waals surface area contributed by atoms with Crippen molar-refractivity contribution in [3.63, 3.8) is 0 Å². The van der Waals surface area contributed by atoms with Crippen LogP contribution in [0.1, 0.15) is 46.5 Å². The summed E-state index contributed by atoms with van der Waals surface area (Å²) in [5.41, 5.74) is 0. The van der Waals surface area contributed by atoms with E-state index < -0.39 is 0 Å². The molecule has 1 N–H and O–H groups in total. The first-order valence-electron chi connectivity index (χ1n) is 6.10. The molecule has 0 spiro atoms. The minimum Gasteiger partial charge on any atom is -0.365 e. The van der Waals surface area contributed by atoms with Gasteiger partial charge in [0, 0.05) is 6.54 Å². The number of carbonyl (C=O) groups excluding carboxylic acids is 1. The minimum absolute atomic E-state index is 0.0752. The van der Waals surface area contributed by atoms with Crippen LogP contribution in [0.25, 0.3) is 0 Å². The van der Waals surface area contributed by atoms with Crippen LogP contribution >= 0.6 is 0 Å². The van der Waals surface area contributed by atoms with E-state index in [9.17, 15) is 4.79 Å². The molecule has 0 aromatic heterocycles. The average molecular weight is 213 g/mol. The molecule has 1 aliphatic heterocycles. The van der Waals surface area contributed by atoms with Crippen molar-refractivity contribution in [2.24, 2.45) is 5.92 Å². The van der Waals surface area contributed by atoms with Crippen LogP contribution in [0.3, 0.4) is 0 Å². The molecule has 1 aliphatic rings. The van der Waals surface area contributed by atoms with Crippen molar-refractivity contribution >= 4 is 5.91 Å². The smallest absolute Gasteiger partial charge is 0.249 e. The van der Waals surface area contributed by atoms with E-state index in [0.717, 1.165) is 32.2 Å². The van der Waals surface area contributed by atoms with Crippen LogP contribution in [-0.2, 0) is 9.53 Å². The quantitative estimate of drug-likeness (QED) is 0.759. The van der Waals surface area contributed by atoms with Crippen LogP contribution in [0.5, 0.6) is 0 Å². The van der Waals surface area contributed by atoms with Gasteiger partial charge in [-0.15, -0.1) is 0 Å². The molecule has 1 fully saturated rings. The Bertz CT molecular complexity index is 202. The van der Waals surface area contributed by atoms with Gasteiger partial charge < -0.3 is 10.1 Å². The van der Waals surface area contributed by atoms with Gasteiger partial charge in [0.25, 0.3) is 0 Å². The molecule has 0 radical (unpaired) electrons. The Labute approximate surface area is 92.6 Å². The second-order valence-corrected chi connectivity index (χ2v) is 4.44. The standard InChI is InChI=1S/C12H23NO2/c1-4-10(5-2)8-13-12(14)11-7-6-9(3)15-11/h9-11H,4-8H2,1-3H3,(H,13,14). The monoisotopic (exact) mass is 213 g/mol. The predicted octanol–water partition coefficient (Wildman–Crippen LogP) is 2.11. The number of ether oxygens (including phenoxy) is 1. The molecule has 0 bridgehead atoms. The van der Waals surface area contributed by atoms with Gasteiger partial charge in [0.15, 0.2) is 0 Å². The van der Waals surface area contributed by atoms with Crippen LogP contribution in [-0.4, -0.2) is 24.7 Å². The van der Waals surface area contributed by atoms with Crippen molar-refractivity contribution in [2.75, 3.05) is 6.54 Å².